The van der Waals surface area contributed by atoms with Crippen LogP contribution in [0, 0.1) is 6.92 Å². The average Bonchev–Trinajstić information content (AvgIpc) is 2.64. The summed E-state index contributed by atoms with van der Waals surface area (Å²) in [5, 5.41) is 0. The van der Waals surface area contributed by atoms with Crippen LogP contribution in [0.3, 0.4) is 0 Å². The Morgan fingerprint density at radius 3 is 2.94 bits per heavy atom. The number of halogens is 1. The summed E-state index contributed by atoms with van der Waals surface area (Å²) in [4.78, 5) is 16.4. The molecule has 1 aliphatic rings. The van der Waals surface area contributed by atoms with E-state index in [1.165, 1.54) is 17.7 Å². The summed E-state index contributed by atoms with van der Waals surface area (Å²) in [6.45, 7) is 2.88. The van der Waals surface area contributed by atoms with Gasteiger partial charge in [-0.25, -0.2) is 0 Å². The fourth-order valence-corrected chi connectivity index (χ4v) is 3.44. The van der Waals surface area contributed by atoms with Crippen LogP contribution in [0.4, 0.5) is 0 Å². The monoisotopic (exact) mass is 271 g/mol. The Morgan fingerprint density at radius 1 is 1.47 bits per heavy atom. The molecule has 2 nitrogen and oxygen atoms in total. The number of hydrogen-bond donors (Lipinski definition) is 0. The third kappa shape index (κ3) is 3.02. The number of rotatable bonds is 2. The number of alkyl halides is 1. The second-order valence-electron chi connectivity index (χ2n) is 4.57. The summed E-state index contributed by atoms with van der Waals surface area (Å²) in [6, 6.07) is 4.15. The quantitative estimate of drug-likeness (QED) is 0.752. The van der Waals surface area contributed by atoms with Gasteiger partial charge in [0.25, 0.3) is 5.91 Å². The first kappa shape index (κ1) is 12.9. The first-order valence-corrected chi connectivity index (χ1v) is 7.51. The van der Waals surface area contributed by atoms with Crippen molar-refractivity contribution >= 4 is 28.8 Å². The Kier molecular flexibility index (Phi) is 4.46. The van der Waals surface area contributed by atoms with Crippen LogP contribution >= 0.6 is 22.9 Å². The third-order valence-electron chi connectivity index (χ3n) is 3.27. The minimum absolute atomic E-state index is 0.163. The summed E-state index contributed by atoms with van der Waals surface area (Å²) < 4.78 is 0. The van der Waals surface area contributed by atoms with Crippen molar-refractivity contribution in [2.45, 2.75) is 38.6 Å². The van der Waals surface area contributed by atoms with Crippen LogP contribution in [0.25, 0.3) is 0 Å². The zero-order valence-electron chi connectivity index (χ0n) is 10.1. The van der Waals surface area contributed by atoms with E-state index in [4.69, 9.17) is 11.6 Å². The van der Waals surface area contributed by atoms with Gasteiger partial charge in [-0.05, 0) is 31.9 Å². The van der Waals surface area contributed by atoms with E-state index < -0.39 is 0 Å². The highest BCUT2D eigenvalue weighted by atomic mass is 35.5. The zero-order chi connectivity index (χ0) is 12.3. The van der Waals surface area contributed by atoms with E-state index in [0.717, 1.165) is 24.3 Å². The number of thiophene rings is 1. The smallest absolute Gasteiger partial charge is 0.264 e. The molecule has 2 rings (SSSR count). The predicted octanol–water partition coefficient (Wildman–Crippen LogP) is 3.68. The molecule has 0 N–H and O–H groups in total. The van der Waals surface area contributed by atoms with E-state index in [1.807, 2.05) is 24.0 Å². The minimum Gasteiger partial charge on any atom is -0.334 e. The number of hydrogen-bond acceptors (Lipinski definition) is 2. The normalized spacial score (nSPS) is 21.3. The lowest BCUT2D eigenvalue weighted by atomic mass is 10.1. The molecule has 1 saturated heterocycles. The topological polar surface area (TPSA) is 20.3 Å². The van der Waals surface area contributed by atoms with Crippen molar-refractivity contribution in [2.24, 2.45) is 0 Å². The molecule has 1 aliphatic heterocycles. The van der Waals surface area contributed by atoms with E-state index in [0.29, 0.717) is 5.88 Å². The molecule has 1 fully saturated rings. The molecule has 0 saturated carbocycles. The van der Waals surface area contributed by atoms with Gasteiger partial charge in [-0.1, -0.05) is 12.8 Å². The molecule has 1 amide bonds. The molecule has 4 heteroatoms. The molecule has 0 aromatic carbocycles. The van der Waals surface area contributed by atoms with Crippen LogP contribution in [0.15, 0.2) is 12.1 Å². The van der Waals surface area contributed by atoms with E-state index in [-0.39, 0.29) is 11.9 Å². The van der Waals surface area contributed by atoms with Gasteiger partial charge in [0.1, 0.15) is 0 Å². The zero-order valence-corrected chi connectivity index (χ0v) is 11.7. The van der Waals surface area contributed by atoms with Gasteiger partial charge >= 0.3 is 0 Å². The second-order valence-corrected chi connectivity index (χ2v) is 6.16. The fourth-order valence-electron chi connectivity index (χ4n) is 2.30. The Balaban J connectivity index is 2.15. The van der Waals surface area contributed by atoms with Gasteiger partial charge in [0.15, 0.2) is 0 Å². The molecule has 1 atom stereocenters. The van der Waals surface area contributed by atoms with Crippen molar-refractivity contribution in [2.75, 3.05) is 12.4 Å². The predicted molar refractivity (Wildman–Crippen MR) is 73.1 cm³/mol. The van der Waals surface area contributed by atoms with Gasteiger partial charge in [0, 0.05) is 23.3 Å². The van der Waals surface area contributed by atoms with Crippen molar-refractivity contribution in [3.63, 3.8) is 0 Å². The summed E-state index contributed by atoms with van der Waals surface area (Å²) >= 11 is 7.57. The van der Waals surface area contributed by atoms with Crippen LogP contribution < -0.4 is 0 Å². The van der Waals surface area contributed by atoms with Crippen molar-refractivity contribution in [3.05, 3.63) is 21.9 Å². The van der Waals surface area contributed by atoms with Gasteiger partial charge in [0.2, 0.25) is 0 Å². The van der Waals surface area contributed by atoms with Gasteiger partial charge < -0.3 is 4.90 Å². The standard InChI is InChI=1S/C13H18ClNOS/c1-10-6-7-12(17-10)13(16)15-8-4-2-3-5-11(15)9-14/h6-7,11H,2-5,8-9H2,1H3. The molecular weight excluding hydrogens is 254 g/mol. The van der Waals surface area contributed by atoms with E-state index in [2.05, 4.69) is 0 Å². The number of amides is 1. The van der Waals surface area contributed by atoms with E-state index in [1.54, 1.807) is 11.3 Å². The highest BCUT2D eigenvalue weighted by Crippen LogP contribution is 2.23. The molecule has 2 heterocycles. The summed E-state index contributed by atoms with van der Waals surface area (Å²) in [5.74, 6) is 0.714. The van der Waals surface area contributed by atoms with Crippen molar-refractivity contribution in [1.29, 1.82) is 0 Å². The number of carbonyl (C=O) groups excluding carboxylic acids is 1. The maximum Gasteiger partial charge on any atom is 0.264 e. The van der Waals surface area contributed by atoms with Gasteiger partial charge in [-0.3, -0.25) is 4.79 Å². The molecule has 1 aromatic heterocycles. The molecule has 17 heavy (non-hydrogen) atoms. The number of aryl methyl sites for hydroxylation is 1. The number of likely N-dealkylation sites (tertiary alicyclic amines) is 1. The minimum atomic E-state index is 0.163. The average molecular weight is 272 g/mol. The molecule has 0 aliphatic carbocycles. The van der Waals surface area contributed by atoms with Crippen molar-refractivity contribution in [1.82, 2.24) is 4.90 Å². The maximum absolute atomic E-state index is 12.4. The summed E-state index contributed by atoms with van der Waals surface area (Å²) in [6.07, 6.45) is 4.54. The Hall–Kier alpha value is -0.540. The largest absolute Gasteiger partial charge is 0.334 e. The van der Waals surface area contributed by atoms with Crippen LogP contribution in [0.5, 0.6) is 0 Å². The fraction of sp³-hybridized carbons (Fsp3) is 0.615. The number of carbonyl (C=O) groups is 1. The molecule has 0 radical (unpaired) electrons. The van der Waals surface area contributed by atoms with Gasteiger partial charge in [0.05, 0.1) is 4.88 Å². The molecular formula is C13H18ClNOS. The highest BCUT2D eigenvalue weighted by Gasteiger charge is 2.26. The molecule has 1 aromatic rings. The first-order valence-electron chi connectivity index (χ1n) is 6.15. The van der Waals surface area contributed by atoms with Crippen LogP contribution in [0.2, 0.25) is 0 Å². The Morgan fingerprint density at radius 2 is 2.29 bits per heavy atom. The lowest BCUT2D eigenvalue weighted by molar-refractivity contribution is 0.0705. The first-order chi connectivity index (χ1) is 8.22. The highest BCUT2D eigenvalue weighted by molar-refractivity contribution is 7.13. The third-order valence-corrected chi connectivity index (χ3v) is 4.61. The molecule has 94 valence electrons. The molecule has 0 bridgehead atoms. The van der Waals surface area contributed by atoms with E-state index >= 15 is 0 Å². The summed E-state index contributed by atoms with van der Waals surface area (Å²) in [5.41, 5.74) is 0. The second kappa shape index (κ2) is 5.87. The van der Waals surface area contributed by atoms with Crippen LogP contribution in [-0.2, 0) is 0 Å². The van der Waals surface area contributed by atoms with Crippen molar-refractivity contribution < 1.29 is 4.79 Å². The molecule has 1 unspecified atom stereocenters. The number of nitrogens with zero attached hydrogens (tertiary/aromatic N) is 1. The van der Waals surface area contributed by atoms with Crippen LogP contribution in [-0.4, -0.2) is 29.3 Å². The SMILES string of the molecule is Cc1ccc(C(=O)N2CCCCCC2CCl)s1. The lowest BCUT2D eigenvalue weighted by Crippen LogP contribution is -2.40. The van der Waals surface area contributed by atoms with E-state index in [9.17, 15) is 4.79 Å². The van der Waals surface area contributed by atoms with Crippen LogP contribution in [0.1, 0.15) is 40.2 Å². The van der Waals surface area contributed by atoms with Crippen molar-refractivity contribution in [3.8, 4) is 0 Å². The Bertz CT molecular complexity index is 391. The Labute approximate surface area is 112 Å². The van der Waals surface area contributed by atoms with Gasteiger partial charge in [-0.2, -0.15) is 0 Å². The molecule has 0 spiro atoms. The van der Waals surface area contributed by atoms with Gasteiger partial charge in [-0.15, -0.1) is 22.9 Å². The maximum atomic E-state index is 12.4. The lowest BCUT2D eigenvalue weighted by Gasteiger charge is -2.28. The summed E-state index contributed by atoms with van der Waals surface area (Å²) in [7, 11) is 0.